The molecule has 0 aliphatic rings. The monoisotopic (exact) mass is 357 g/mol. The Morgan fingerprint density at radius 1 is 1.45 bits per heavy atom. The lowest BCUT2D eigenvalue weighted by molar-refractivity contribution is 0.0531. The highest BCUT2D eigenvalue weighted by Gasteiger charge is 2.15. The lowest BCUT2D eigenvalue weighted by Crippen LogP contribution is -2.03. The first-order valence-corrected chi connectivity index (χ1v) is 7.97. The maximum Gasteiger partial charge on any atom is 0.350 e. The molecule has 2 rings (SSSR count). The molecule has 1 N–H and O–H groups in total. The molecule has 0 saturated heterocycles. The lowest BCUT2D eigenvalue weighted by atomic mass is 10.2. The Kier molecular flexibility index (Phi) is 5.76. The van der Waals surface area contributed by atoms with E-state index in [-0.39, 0.29) is 5.97 Å². The van der Waals surface area contributed by atoms with Crippen molar-refractivity contribution in [3.05, 3.63) is 44.4 Å². The summed E-state index contributed by atoms with van der Waals surface area (Å²) in [6, 6.07) is 5.20. The van der Waals surface area contributed by atoms with E-state index in [1.807, 2.05) is 0 Å². The van der Waals surface area contributed by atoms with Crippen molar-refractivity contribution < 1.29 is 9.53 Å². The van der Waals surface area contributed by atoms with Crippen molar-refractivity contribution in [1.82, 2.24) is 4.98 Å². The van der Waals surface area contributed by atoms with Crippen molar-refractivity contribution in [3.63, 3.8) is 0 Å². The molecule has 8 heteroatoms. The van der Waals surface area contributed by atoms with Gasteiger partial charge >= 0.3 is 5.97 Å². The number of aryl methyl sites for hydroxylation is 1. The Morgan fingerprint density at radius 3 is 2.77 bits per heavy atom. The van der Waals surface area contributed by atoms with Crippen molar-refractivity contribution in [1.29, 1.82) is 0 Å². The minimum Gasteiger partial charge on any atom is -0.462 e. The van der Waals surface area contributed by atoms with Crippen LogP contribution in [0.2, 0.25) is 10.0 Å². The predicted octanol–water partition coefficient (Wildman–Crippen LogP) is 4.38. The minimum atomic E-state index is -0.385. The molecule has 0 unspecified atom stereocenters. The number of ether oxygens (including phenoxy) is 1. The van der Waals surface area contributed by atoms with E-state index >= 15 is 0 Å². The number of carbonyl (C=O) groups excluding carboxylic acids is 1. The first-order valence-electron chi connectivity index (χ1n) is 6.40. The van der Waals surface area contributed by atoms with Gasteiger partial charge in [-0.3, -0.25) is 5.43 Å². The van der Waals surface area contributed by atoms with Gasteiger partial charge in [-0.05, 0) is 26.0 Å². The van der Waals surface area contributed by atoms with Crippen molar-refractivity contribution in [2.24, 2.45) is 5.10 Å². The number of esters is 1. The summed E-state index contributed by atoms with van der Waals surface area (Å²) < 4.78 is 4.96. The number of benzene rings is 1. The summed E-state index contributed by atoms with van der Waals surface area (Å²) in [4.78, 5) is 16.4. The van der Waals surface area contributed by atoms with Gasteiger partial charge in [0.15, 0.2) is 0 Å². The molecule has 0 amide bonds. The molecule has 1 aromatic carbocycles. The summed E-state index contributed by atoms with van der Waals surface area (Å²) in [7, 11) is 0. The SMILES string of the molecule is CCOC(=O)c1sc(N/N=C/c2c(Cl)cccc2Cl)nc1C. The van der Waals surface area contributed by atoms with Crippen LogP contribution in [0.1, 0.15) is 27.9 Å². The van der Waals surface area contributed by atoms with Gasteiger partial charge in [0.2, 0.25) is 5.13 Å². The summed E-state index contributed by atoms with van der Waals surface area (Å²) in [5.41, 5.74) is 3.96. The second kappa shape index (κ2) is 7.58. The Bertz CT molecular complexity index is 696. The van der Waals surface area contributed by atoms with Gasteiger partial charge in [-0.2, -0.15) is 5.10 Å². The van der Waals surface area contributed by atoms with E-state index in [9.17, 15) is 4.79 Å². The van der Waals surface area contributed by atoms with Gasteiger partial charge in [-0.15, -0.1) is 0 Å². The molecule has 116 valence electrons. The summed E-state index contributed by atoms with van der Waals surface area (Å²) in [6.07, 6.45) is 1.51. The Morgan fingerprint density at radius 2 is 2.14 bits per heavy atom. The van der Waals surface area contributed by atoms with Crippen molar-refractivity contribution in [2.75, 3.05) is 12.0 Å². The second-order valence-electron chi connectivity index (χ2n) is 4.16. The molecule has 2 aromatic rings. The zero-order chi connectivity index (χ0) is 16.1. The summed E-state index contributed by atoms with van der Waals surface area (Å²) >= 11 is 13.3. The van der Waals surface area contributed by atoms with E-state index in [4.69, 9.17) is 27.9 Å². The highest BCUT2D eigenvalue weighted by molar-refractivity contribution is 7.17. The number of hydrazone groups is 1. The van der Waals surface area contributed by atoms with E-state index in [2.05, 4.69) is 15.5 Å². The maximum absolute atomic E-state index is 11.7. The van der Waals surface area contributed by atoms with Gasteiger partial charge < -0.3 is 4.74 Å². The topological polar surface area (TPSA) is 63.6 Å². The van der Waals surface area contributed by atoms with Crippen molar-refractivity contribution in [2.45, 2.75) is 13.8 Å². The first kappa shape index (κ1) is 16.7. The normalized spacial score (nSPS) is 10.9. The number of halogens is 2. The minimum absolute atomic E-state index is 0.322. The van der Waals surface area contributed by atoms with Crippen LogP contribution in [0.3, 0.4) is 0 Å². The fourth-order valence-corrected chi connectivity index (χ4v) is 2.92. The van der Waals surface area contributed by atoms with Crippen LogP contribution in [0.4, 0.5) is 5.13 Å². The molecule has 0 aliphatic heterocycles. The number of aromatic nitrogens is 1. The summed E-state index contributed by atoms with van der Waals surface area (Å²) in [5, 5.41) is 5.53. The van der Waals surface area contributed by atoms with E-state index < -0.39 is 0 Å². The molecular formula is C14H13Cl2N3O2S. The van der Waals surface area contributed by atoms with Crippen LogP contribution in [-0.4, -0.2) is 23.8 Å². The van der Waals surface area contributed by atoms with Gasteiger partial charge in [-0.25, -0.2) is 9.78 Å². The van der Waals surface area contributed by atoms with Crippen LogP contribution in [0.15, 0.2) is 23.3 Å². The third-order valence-electron chi connectivity index (χ3n) is 2.61. The quantitative estimate of drug-likeness (QED) is 0.489. The fourth-order valence-electron chi connectivity index (χ4n) is 1.62. The van der Waals surface area contributed by atoms with E-state index in [0.29, 0.717) is 37.9 Å². The van der Waals surface area contributed by atoms with Gasteiger partial charge in [0.1, 0.15) is 4.88 Å². The second-order valence-corrected chi connectivity index (χ2v) is 5.97. The van der Waals surface area contributed by atoms with E-state index in [1.165, 1.54) is 17.6 Å². The third-order valence-corrected chi connectivity index (χ3v) is 4.31. The number of rotatable bonds is 5. The molecule has 0 saturated carbocycles. The van der Waals surface area contributed by atoms with Gasteiger partial charge in [-0.1, -0.05) is 40.6 Å². The Labute approximate surface area is 141 Å². The number of nitrogens with one attached hydrogen (secondary N) is 1. The smallest absolute Gasteiger partial charge is 0.350 e. The number of carbonyl (C=O) groups is 1. The molecular weight excluding hydrogens is 345 g/mol. The van der Waals surface area contributed by atoms with Crippen molar-refractivity contribution in [3.8, 4) is 0 Å². The van der Waals surface area contributed by atoms with E-state index in [1.54, 1.807) is 32.0 Å². The van der Waals surface area contributed by atoms with Gasteiger partial charge in [0.25, 0.3) is 0 Å². The number of hydrogen-bond acceptors (Lipinski definition) is 6. The molecule has 5 nitrogen and oxygen atoms in total. The van der Waals surface area contributed by atoms with Crippen LogP contribution >= 0.6 is 34.5 Å². The number of nitrogens with zero attached hydrogens (tertiary/aromatic N) is 2. The molecule has 0 spiro atoms. The highest BCUT2D eigenvalue weighted by atomic mass is 35.5. The lowest BCUT2D eigenvalue weighted by Gasteiger charge is -2.00. The van der Waals surface area contributed by atoms with Gasteiger partial charge in [0.05, 0.1) is 28.6 Å². The maximum atomic E-state index is 11.7. The number of anilines is 1. The molecule has 0 fully saturated rings. The van der Waals surface area contributed by atoms with Crippen LogP contribution in [-0.2, 0) is 4.74 Å². The molecule has 1 heterocycles. The third kappa shape index (κ3) is 3.97. The van der Waals surface area contributed by atoms with Gasteiger partial charge in [0, 0.05) is 5.56 Å². The summed E-state index contributed by atoms with van der Waals surface area (Å²) in [5.74, 6) is -0.385. The molecule has 0 aliphatic carbocycles. The Hall–Kier alpha value is -1.63. The van der Waals surface area contributed by atoms with Crippen molar-refractivity contribution >= 4 is 51.9 Å². The molecule has 0 bridgehead atoms. The zero-order valence-corrected chi connectivity index (χ0v) is 14.2. The zero-order valence-electron chi connectivity index (χ0n) is 11.9. The van der Waals surface area contributed by atoms with E-state index in [0.717, 1.165) is 0 Å². The summed E-state index contributed by atoms with van der Waals surface area (Å²) in [6.45, 7) is 3.82. The van der Waals surface area contributed by atoms with Crippen LogP contribution in [0.25, 0.3) is 0 Å². The average molecular weight is 358 g/mol. The van der Waals surface area contributed by atoms with Crippen LogP contribution < -0.4 is 5.43 Å². The average Bonchev–Trinajstić information content (AvgIpc) is 2.83. The molecule has 0 radical (unpaired) electrons. The standard InChI is InChI=1S/C14H13Cl2N3O2S/c1-3-21-13(20)12-8(2)18-14(22-12)19-17-7-9-10(15)5-4-6-11(9)16/h4-7H,3H2,1-2H3,(H,18,19)/b17-7+. The highest BCUT2D eigenvalue weighted by Crippen LogP contribution is 2.24. The fraction of sp³-hybridized carbons (Fsp3) is 0.214. The molecule has 0 atom stereocenters. The number of hydrogen-bond donors (Lipinski definition) is 1. The van der Waals surface area contributed by atoms with Crippen LogP contribution in [0, 0.1) is 6.92 Å². The predicted molar refractivity (Wildman–Crippen MR) is 90.5 cm³/mol. The first-order chi connectivity index (χ1) is 10.5. The molecule has 1 aromatic heterocycles. The van der Waals surface area contributed by atoms with Crippen LogP contribution in [0.5, 0.6) is 0 Å². The Balaban J connectivity index is 2.11. The number of thiazole rings is 1. The molecule has 22 heavy (non-hydrogen) atoms. The largest absolute Gasteiger partial charge is 0.462 e.